The van der Waals surface area contributed by atoms with Crippen LogP contribution in [0.25, 0.3) is 11.1 Å². The topological polar surface area (TPSA) is 24.9 Å². The Morgan fingerprint density at radius 2 is 1.43 bits per heavy atom. The highest BCUT2D eigenvalue weighted by molar-refractivity contribution is 9.10. The predicted molar refractivity (Wildman–Crippen MR) is 89.3 cm³/mol. The average Bonchev–Trinajstić information content (AvgIpc) is 2.85. The molecule has 0 saturated heterocycles. The van der Waals surface area contributed by atoms with Gasteiger partial charge >= 0.3 is 0 Å². The molecule has 0 fully saturated rings. The van der Waals surface area contributed by atoms with E-state index in [0.717, 1.165) is 10.3 Å². The Morgan fingerprint density at radius 3 is 2.00 bits per heavy atom. The van der Waals surface area contributed by atoms with Gasteiger partial charge in [0.25, 0.3) is 0 Å². The van der Waals surface area contributed by atoms with Crippen molar-refractivity contribution >= 4 is 21.6 Å². The molecule has 2 aromatic carbocycles. The summed E-state index contributed by atoms with van der Waals surface area (Å²) in [5, 5.41) is 3.60. The van der Waals surface area contributed by atoms with Gasteiger partial charge in [-0.1, -0.05) is 48.5 Å². The molecule has 0 radical (unpaired) electrons. The van der Waals surface area contributed by atoms with E-state index in [1.807, 2.05) is 18.3 Å². The van der Waals surface area contributed by atoms with E-state index in [1.165, 1.54) is 22.3 Å². The van der Waals surface area contributed by atoms with E-state index in [0.29, 0.717) is 0 Å². The fourth-order valence-corrected chi connectivity index (χ4v) is 3.17. The van der Waals surface area contributed by atoms with Crippen molar-refractivity contribution in [3.63, 3.8) is 0 Å². The maximum atomic E-state index is 4.29. The molecular weight excluding hydrogens is 324 g/mol. The highest BCUT2D eigenvalue weighted by atomic mass is 79.9. The number of hydrogen-bond acceptors (Lipinski definition) is 2. The number of nitrogens with one attached hydrogen (secondary N) is 1. The summed E-state index contributed by atoms with van der Waals surface area (Å²) in [5.74, 6) is 0. The van der Waals surface area contributed by atoms with Gasteiger partial charge in [-0.2, -0.15) is 0 Å². The smallest absolute Gasteiger partial charge is 0.106 e. The van der Waals surface area contributed by atoms with Gasteiger partial charge in [-0.3, -0.25) is 0 Å². The Morgan fingerprint density at radius 1 is 0.810 bits per heavy atom. The van der Waals surface area contributed by atoms with E-state index in [1.54, 1.807) is 0 Å². The van der Waals surface area contributed by atoms with Crippen molar-refractivity contribution in [2.45, 2.75) is 6.04 Å². The summed E-state index contributed by atoms with van der Waals surface area (Å²) in [7, 11) is 0. The zero-order chi connectivity index (χ0) is 14.2. The highest BCUT2D eigenvalue weighted by Crippen LogP contribution is 2.44. The number of nitrogens with zero attached hydrogens (tertiary/aromatic N) is 1. The molecule has 102 valence electrons. The zero-order valence-electron chi connectivity index (χ0n) is 11.3. The van der Waals surface area contributed by atoms with E-state index >= 15 is 0 Å². The summed E-state index contributed by atoms with van der Waals surface area (Å²) < 4.78 is 0.847. The van der Waals surface area contributed by atoms with Gasteiger partial charge in [0.1, 0.15) is 4.60 Å². The monoisotopic (exact) mass is 336 g/mol. The fourth-order valence-electron chi connectivity index (χ4n) is 2.94. The minimum Gasteiger partial charge on any atom is -0.373 e. The normalized spacial score (nSPS) is 12.8. The molecule has 3 heteroatoms. The van der Waals surface area contributed by atoms with Gasteiger partial charge in [-0.25, -0.2) is 4.98 Å². The standard InChI is InChI=1S/C18H13BrN2/c19-17-10-9-12(11-20-17)21-18-15-7-3-1-5-13(15)14-6-2-4-8-16(14)18/h1-11,18,21H. The van der Waals surface area contributed by atoms with Gasteiger partial charge in [0.2, 0.25) is 0 Å². The SMILES string of the molecule is Brc1ccc(NC2c3ccccc3-c3ccccc32)cn1. The molecule has 0 amide bonds. The maximum Gasteiger partial charge on any atom is 0.106 e. The third-order valence-electron chi connectivity index (χ3n) is 3.87. The Labute approximate surface area is 132 Å². The van der Waals surface area contributed by atoms with Crippen molar-refractivity contribution < 1.29 is 0 Å². The molecule has 0 unspecified atom stereocenters. The van der Waals surface area contributed by atoms with Gasteiger partial charge in [0, 0.05) is 0 Å². The number of aromatic nitrogens is 1. The second kappa shape index (κ2) is 5.01. The molecule has 2 nitrogen and oxygen atoms in total. The van der Waals surface area contributed by atoms with Gasteiger partial charge in [-0.15, -0.1) is 0 Å². The van der Waals surface area contributed by atoms with Crippen LogP contribution in [-0.2, 0) is 0 Å². The zero-order valence-corrected chi connectivity index (χ0v) is 12.8. The van der Waals surface area contributed by atoms with Crippen molar-refractivity contribution in [1.29, 1.82) is 0 Å². The molecule has 0 bridgehead atoms. The minimum atomic E-state index is 0.181. The predicted octanol–water partition coefficient (Wildman–Crippen LogP) is 5.03. The van der Waals surface area contributed by atoms with Crippen molar-refractivity contribution in [2.24, 2.45) is 0 Å². The molecule has 21 heavy (non-hydrogen) atoms. The largest absolute Gasteiger partial charge is 0.373 e. The number of rotatable bonds is 2. The van der Waals surface area contributed by atoms with Crippen LogP contribution in [0.3, 0.4) is 0 Å². The molecule has 1 heterocycles. The van der Waals surface area contributed by atoms with Gasteiger partial charge < -0.3 is 5.32 Å². The summed E-state index contributed by atoms with van der Waals surface area (Å²) in [6.45, 7) is 0. The number of fused-ring (bicyclic) bond motifs is 3. The third-order valence-corrected chi connectivity index (χ3v) is 4.34. The summed E-state index contributed by atoms with van der Waals surface area (Å²) >= 11 is 3.37. The Balaban J connectivity index is 1.79. The van der Waals surface area contributed by atoms with Gasteiger partial charge in [0.15, 0.2) is 0 Å². The Kier molecular flexibility index (Phi) is 3.00. The summed E-state index contributed by atoms with van der Waals surface area (Å²) in [5.41, 5.74) is 6.30. The van der Waals surface area contributed by atoms with Gasteiger partial charge in [0.05, 0.1) is 17.9 Å². The van der Waals surface area contributed by atoms with Crippen LogP contribution in [0.1, 0.15) is 17.2 Å². The second-order valence-electron chi connectivity index (χ2n) is 5.12. The second-order valence-corrected chi connectivity index (χ2v) is 5.93. The van der Waals surface area contributed by atoms with Crippen LogP contribution in [0.4, 0.5) is 5.69 Å². The third kappa shape index (κ3) is 2.14. The highest BCUT2D eigenvalue weighted by Gasteiger charge is 2.27. The Hall–Kier alpha value is -2.13. The minimum absolute atomic E-state index is 0.181. The molecule has 0 spiro atoms. The quantitative estimate of drug-likeness (QED) is 0.664. The van der Waals surface area contributed by atoms with Crippen LogP contribution in [-0.4, -0.2) is 4.98 Å². The molecule has 3 aromatic rings. The van der Waals surface area contributed by atoms with E-state index in [-0.39, 0.29) is 6.04 Å². The number of pyridine rings is 1. The first-order chi connectivity index (χ1) is 10.3. The fraction of sp³-hybridized carbons (Fsp3) is 0.0556. The molecule has 1 aliphatic carbocycles. The first-order valence-electron chi connectivity index (χ1n) is 6.89. The van der Waals surface area contributed by atoms with E-state index in [2.05, 4.69) is 74.8 Å². The van der Waals surface area contributed by atoms with E-state index in [9.17, 15) is 0 Å². The van der Waals surface area contributed by atoms with Crippen molar-refractivity contribution in [3.05, 3.63) is 82.6 Å². The molecule has 1 aromatic heterocycles. The van der Waals surface area contributed by atoms with Crippen molar-refractivity contribution in [3.8, 4) is 11.1 Å². The number of halogens is 1. The van der Waals surface area contributed by atoms with Crippen molar-refractivity contribution in [1.82, 2.24) is 4.98 Å². The molecular formula is C18H13BrN2. The molecule has 1 N–H and O–H groups in total. The molecule has 1 aliphatic rings. The van der Waals surface area contributed by atoms with Gasteiger partial charge in [-0.05, 0) is 50.3 Å². The van der Waals surface area contributed by atoms with Crippen LogP contribution in [0.2, 0.25) is 0 Å². The number of anilines is 1. The summed E-state index contributed by atoms with van der Waals surface area (Å²) in [4.78, 5) is 4.29. The Bertz CT molecular complexity index is 751. The lowest BCUT2D eigenvalue weighted by molar-refractivity contribution is 0.969. The summed E-state index contributed by atoms with van der Waals surface area (Å²) in [6, 6.07) is 21.3. The maximum absolute atomic E-state index is 4.29. The van der Waals surface area contributed by atoms with Crippen LogP contribution in [0.5, 0.6) is 0 Å². The van der Waals surface area contributed by atoms with Crippen molar-refractivity contribution in [2.75, 3.05) is 5.32 Å². The van der Waals surface area contributed by atoms with E-state index in [4.69, 9.17) is 0 Å². The molecule has 0 atom stereocenters. The first kappa shape index (κ1) is 12.6. The number of hydrogen-bond donors (Lipinski definition) is 1. The first-order valence-corrected chi connectivity index (χ1v) is 7.68. The molecule has 0 saturated carbocycles. The average molecular weight is 337 g/mol. The number of benzene rings is 2. The van der Waals surface area contributed by atoms with Crippen LogP contribution < -0.4 is 5.32 Å². The lowest BCUT2D eigenvalue weighted by atomic mass is 10.1. The lowest BCUT2D eigenvalue weighted by Crippen LogP contribution is -2.09. The van der Waals surface area contributed by atoms with Crippen LogP contribution in [0, 0.1) is 0 Å². The van der Waals surface area contributed by atoms with Crippen LogP contribution in [0.15, 0.2) is 71.5 Å². The molecule has 0 aliphatic heterocycles. The molecule has 4 rings (SSSR count). The van der Waals surface area contributed by atoms with Crippen LogP contribution >= 0.6 is 15.9 Å². The lowest BCUT2D eigenvalue weighted by Gasteiger charge is -2.17. The van der Waals surface area contributed by atoms with E-state index < -0.39 is 0 Å². The summed E-state index contributed by atoms with van der Waals surface area (Å²) in [6.07, 6.45) is 1.85.